The van der Waals surface area contributed by atoms with Gasteiger partial charge in [-0.15, -0.1) is 0 Å². The minimum absolute atomic E-state index is 0.285. The molecule has 0 saturated heterocycles. The smallest absolute Gasteiger partial charge is 0.335 e. The number of carboxylic acid groups (broad SMARTS) is 1. The van der Waals surface area contributed by atoms with E-state index in [1.807, 2.05) is 49.4 Å². The van der Waals surface area contributed by atoms with Crippen LogP contribution in [-0.4, -0.2) is 28.2 Å². The van der Waals surface area contributed by atoms with Gasteiger partial charge in [-0.2, -0.15) is 0 Å². The van der Waals surface area contributed by atoms with Gasteiger partial charge in [0, 0.05) is 17.0 Å². The van der Waals surface area contributed by atoms with Crippen molar-refractivity contribution >= 4 is 17.7 Å². The van der Waals surface area contributed by atoms with Gasteiger partial charge in [0.2, 0.25) is 0 Å². The Balaban J connectivity index is 1.75. The number of aromatic nitrogens is 2. The Morgan fingerprint density at radius 2 is 1.77 bits per heavy atom. The average molecular weight is 366 g/mol. The third kappa shape index (κ3) is 4.40. The lowest BCUT2D eigenvalue weighted by Crippen LogP contribution is -1.96. The number of hydrogen-bond donors (Lipinski definition) is 1. The summed E-state index contributed by atoms with van der Waals surface area (Å²) in [6, 6.07) is 16.6. The SMILES string of the molecule is COc1ccc(-c2cc(C)nc(SCc3ccc(C(=O)O)cc3)n2)cc1. The molecule has 0 spiro atoms. The number of ether oxygens (including phenoxy) is 1. The monoisotopic (exact) mass is 366 g/mol. The van der Waals surface area contributed by atoms with E-state index >= 15 is 0 Å². The van der Waals surface area contributed by atoms with Crippen LogP contribution in [0.15, 0.2) is 59.8 Å². The molecule has 132 valence electrons. The van der Waals surface area contributed by atoms with Crippen molar-refractivity contribution in [2.45, 2.75) is 17.8 Å². The molecule has 0 unspecified atom stereocenters. The van der Waals surface area contributed by atoms with E-state index < -0.39 is 5.97 Å². The highest BCUT2D eigenvalue weighted by molar-refractivity contribution is 7.98. The lowest BCUT2D eigenvalue weighted by atomic mass is 10.1. The Hall–Kier alpha value is -2.86. The Bertz CT molecular complexity index is 909. The number of aromatic carboxylic acids is 1. The van der Waals surface area contributed by atoms with Gasteiger partial charge >= 0.3 is 5.97 Å². The van der Waals surface area contributed by atoms with Crippen molar-refractivity contribution in [1.29, 1.82) is 0 Å². The van der Waals surface area contributed by atoms with Crippen LogP contribution in [0.3, 0.4) is 0 Å². The maximum atomic E-state index is 10.9. The zero-order valence-electron chi connectivity index (χ0n) is 14.5. The summed E-state index contributed by atoms with van der Waals surface area (Å²) < 4.78 is 5.19. The molecule has 3 rings (SSSR count). The quantitative estimate of drug-likeness (QED) is 0.513. The van der Waals surface area contributed by atoms with Gasteiger partial charge in [-0.05, 0) is 55.0 Å². The van der Waals surface area contributed by atoms with E-state index in [9.17, 15) is 4.79 Å². The number of carbonyl (C=O) groups is 1. The molecule has 0 radical (unpaired) electrons. The second-order valence-electron chi connectivity index (χ2n) is 5.70. The van der Waals surface area contributed by atoms with Crippen LogP contribution in [0.1, 0.15) is 21.6 Å². The molecule has 26 heavy (non-hydrogen) atoms. The molecule has 3 aromatic rings. The van der Waals surface area contributed by atoms with Crippen LogP contribution < -0.4 is 4.74 Å². The summed E-state index contributed by atoms with van der Waals surface area (Å²) in [4.78, 5) is 20.0. The predicted octanol–water partition coefficient (Wildman–Crippen LogP) is 4.45. The lowest BCUT2D eigenvalue weighted by molar-refractivity contribution is 0.0697. The number of rotatable bonds is 6. The highest BCUT2D eigenvalue weighted by atomic mass is 32.2. The Labute approximate surface area is 156 Å². The number of thioether (sulfide) groups is 1. The molecule has 0 amide bonds. The molecule has 1 aromatic heterocycles. The summed E-state index contributed by atoms with van der Waals surface area (Å²) in [5, 5.41) is 9.65. The van der Waals surface area contributed by atoms with Crippen molar-refractivity contribution in [3.05, 3.63) is 71.4 Å². The van der Waals surface area contributed by atoms with Crippen molar-refractivity contribution in [3.8, 4) is 17.0 Å². The van der Waals surface area contributed by atoms with Gasteiger partial charge in [-0.3, -0.25) is 0 Å². The molecule has 0 aliphatic heterocycles. The fraction of sp³-hybridized carbons (Fsp3) is 0.150. The van der Waals surface area contributed by atoms with Gasteiger partial charge in [-0.1, -0.05) is 23.9 Å². The van der Waals surface area contributed by atoms with Crippen LogP contribution in [0.4, 0.5) is 0 Å². The first kappa shape index (κ1) is 17.9. The molecule has 1 heterocycles. The van der Waals surface area contributed by atoms with E-state index in [2.05, 4.69) is 9.97 Å². The third-order valence-electron chi connectivity index (χ3n) is 3.79. The maximum Gasteiger partial charge on any atom is 0.335 e. The zero-order chi connectivity index (χ0) is 18.5. The van der Waals surface area contributed by atoms with Crippen molar-refractivity contribution in [1.82, 2.24) is 9.97 Å². The van der Waals surface area contributed by atoms with Crippen molar-refractivity contribution in [2.24, 2.45) is 0 Å². The molecule has 2 aromatic carbocycles. The van der Waals surface area contributed by atoms with Gasteiger partial charge in [0.1, 0.15) is 5.75 Å². The first-order chi connectivity index (χ1) is 12.5. The van der Waals surface area contributed by atoms with E-state index in [0.717, 1.165) is 28.3 Å². The average Bonchev–Trinajstić information content (AvgIpc) is 2.66. The second-order valence-corrected chi connectivity index (χ2v) is 6.64. The Morgan fingerprint density at radius 3 is 2.38 bits per heavy atom. The van der Waals surface area contributed by atoms with E-state index in [-0.39, 0.29) is 5.56 Å². The standard InChI is InChI=1S/C20H18N2O3S/c1-13-11-18(15-7-9-17(25-2)10-8-15)22-20(21-13)26-12-14-3-5-16(6-4-14)19(23)24/h3-11H,12H2,1-2H3,(H,23,24). The Morgan fingerprint density at radius 1 is 1.08 bits per heavy atom. The van der Waals surface area contributed by atoms with Crippen molar-refractivity contribution < 1.29 is 14.6 Å². The molecule has 0 saturated carbocycles. The highest BCUT2D eigenvalue weighted by Gasteiger charge is 2.07. The number of aryl methyl sites for hydroxylation is 1. The van der Waals surface area contributed by atoms with Gasteiger partial charge in [0.15, 0.2) is 5.16 Å². The van der Waals surface area contributed by atoms with Crippen LogP contribution in [0.2, 0.25) is 0 Å². The molecular formula is C20H18N2O3S. The summed E-state index contributed by atoms with van der Waals surface area (Å²) in [6.07, 6.45) is 0. The number of benzene rings is 2. The van der Waals surface area contributed by atoms with Crippen LogP contribution >= 0.6 is 11.8 Å². The molecule has 0 aliphatic carbocycles. The number of methoxy groups -OCH3 is 1. The van der Waals surface area contributed by atoms with E-state index in [1.54, 1.807) is 19.2 Å². The first-order valence-electron chi connectivity index (χ1n) is 8.00. The van der Waals surface area contributed by atoms with Crippen LogP contribution in [0, 0.1) is 6.92 Å². The highest BCUT2D eigenvalue weighted by Crippen LogP contribution is 2.25. The van der Waals surface area contributed by atoms with Crippen molar-refractivity contribution in [3.63, 3.8) is 0 Å². The normalized spacial score (nSPS) is 10.5. The minimum atomic E-state index is -0.921. The van der Waals surface area contributed by atoms with Gasteiger partial charge in [0.05, 0.1) is 18.4 Å². The topological polar surface area (TPSA) is 72.3 Å². The van der Waals surface area contributed by atoms with E-state index in [1.165, 1.54) is 11.8 Å². The third-order valence-corrected chi connectivity index (χ3v) is 4.71. The number of nitrogens with zero attached hydrogens (tertiary/aromatic N) is 2. The summed E-state index contributed by atoms with van der Waals surface area (Å²) >= 11 is 1.52. The van der Waals surface area contributed by atoms with Gasteiger partial charge < -0.3 is 9.84 Å². The van der Waals surface area contributed by atoms with Crippen LogP contribution in [0.25, 0.3) is 11.3 Å². The number of hydrogen-bond acceptors (Lipinski definition) is 5. The summed E-state index contributed by atoms with van der Waals surface area (Å²) in [6.45, 7) is 1.94. The molecule has 5 nitrogen and oxygen atoms in total. The second kappa shape index (κ2) is 8.01. The van der Waals surface area contributed by atoms with Crippen LogP contribution in [0.5, 0.6) is 5.75 Å². The molecule has 6 heteroatoms. The molecular weight excluding hydrogens is 348 g/mol. The Kier molecular flexibility index (Phi) is 5.53. The summed E-state index contributed by atoms with van der Waals surface area (Å²) in [7, 11) is 1.64. The predicted molar refractivity (Wildman–Crippen MR) is 102 cm³/mol. The van der Waals surface area contributed by atoms with Gasteiger partial charge in [0.25, 0.3) is 0 Å². The first-order valence-corrected chi connectivity index (χ1v) is 8.99. The number of carboxylic acids is 1. The van der Waals surface area contributed by atoms with Crippen molar-refractivity contribution in [2.75, 3.05) is 7.11 Å². The summed E-state index contributed by atoms with van der Waals surface area (Å²) in [5.41, 5.74) is 4.07. The molecule has 0 atom stereocenters. The van der Waals surface area contributed by atoms with Gasteiger partial charge in [-0.25, -0.2) is 14.8 Å². The minimum Gasteiger partial charge on any atom is -0.497 e. The molecule has 1 N–H and O–H groups in total. The van der Waals surface area contributed by atoms with E-state index in [4.69, 9.17) is 9.84 Å². The molecule has 0 aliphatic rings. The molecule has 0 fully saturated rings. The molecule has 0 bridgehead atoms. The fourth-order valence-corrected chi connectivity index (χ4v) is 3.27. The summed E-state index contributed by atoms with van der Waals surface area (Å²) in [5.74, 6) is 0.556. The maximum absolute atomic E-state index is 10.9. The van der Waals surface area contributed by atoms with Crippen LogP contribution in [-0.2, 0) is 5.75 Å². The van der Waals surface area contributed by atoms with E-state index in [0.29, 0.717) is 10.9 Å². The fourth-order valence-electron chi connectivity index (χ4n) is 2.41. The largest absolute Gasteiger partial charge is 0.497 e. The lowest BCUT2D eigenvalue weighted by Gasteiger charge is -2.07. The zero-order valence-corrected chi connectivity index (χ0v) is 15.3.